The van der Waals surface area contributed by atoms with E-state index in [1.807, 2.05) is 48.5 Å². The third-order valence-electron chi connectivity index (χ3n) is 4.24. The Kier molecular flexibility index (Phi) is 4.96. The molecule has 1 fully saturated rings. The first-order valence-corrected chi connectivity index (χ1v) is 8.89. The molecule has 4 nitrogen and oxygen atoms in total. The van der Waals surface area contributed by atoms with Crippen LogP contribution in [-0.2, 0) is 6.61 Å². The number of benzene rings is 1. The van der Waals surface area contributed by atoms with Crippen molar-refractivity contribution < 1.29 is 9.53 Å². The first-order valence-electron chi connectivity index (χ1n) is 8.01. The molecule has 0 atom stereocenters. The highest BCUT2D eigenvalue weighted by Gasteiger charge is 2.22. The van der Waals surface area contributed by atoms with Crippen molar-refractivity contribution in [3.05, 3.63) is 45.9 Å². The van der Waals surface area contributed by atoms with Gasteiger partial charge in [0.25, 0.3) is 5.91 Å². The number of carbonyl (C=O) groups is 1. The van der Waals surface area contributed by atoms with Gasteiger partial charge in [-0.15, -0.1) is 11.3 Å². The molecule has 1 aromatic heterocycles. The third-order valence-corrected chi connectivity index (χ3v) is 5.06. The first-order chi connectivity index (χ1) is 11.1. The van der Waals surface area contributed by atoms with E-state index in [-0.39, 0.29) is 5.91 Å². The van der Waals surface area contributed by atoms with Crippen molar-refractivity contribution in [1.29, 1.82) is 0 Å². The fraction of sp³-hybridized carbons (Fsp3) is 0.444. The molecule has 0 radical (unpaired) electrons. The Morgan fingerprint density at radius 3 is 2.91 bits per heavy atom. The quantitative estimate of drug-likeness (QED) is 0.806. The van der Waals surface area contributed by atoms with E-state index in [0.29, 0.717) is 23.8 Å². The number of thiazole rings is 1. The van der Waals surface area contributed by atoms with Gasteiger partial charge in [0.1, 0.15) is 12.4 Å². The molecule has 3 rings (SSSR count). The molecule has 5 heteroatoms. The average molecular weight is 330 g/mol. The Morgan fingerprint density at radius 1 is 1.43 bits per heavy atom. The van der Waals surface area contributed by atoms with Crippen molar-refractivity contribution >= 4 is 17.2 Å². The largest absolute Gasteiger partial charge is 0.487 e. The predicted molar refractivity (Wildman–Crippen MR) is 91.9 cm³/mol. The summed E-state index contributed by atoms with van der Waals surface area (Å²) in [5, 5.41) is 3.03. The van der Waals surface area contributed by atoms with Gasteiger partial charge < -0.3 is 9.64 Å². The molecule has 2 aromatic rings. The minimum atomic E-state index is 0.0619. The Hall–Kier alpha value is -1.88. The topological polar surface area (TPSA) is 42.4 Å². The van der Waals surface area contributed by atoms with E-state index in [4.69, 9.17) is 4.74 Å². The molecule has 23 heavy (non-hydrogen) atoms. The van der Waals surface area contributed by atoms with Crippen LogP contribution in [-0.4, -0.2) is 29.4 Å². The van der Waals surface area contributed by atoms with Gasteiger partial charge in [0.05, 0.1) is 10.7 Å². The maximum atomic E-state index is 12.5. The zero-order valence-electron chi connectivity index (χ0n) is 13.6. The van der Waals surface area contributed by atoms with Crippen LogP contribution < -0.4 is 4.74 Å². The van der Waals surface area contributed by atoms with Crippen LogP contribution in [0.25, 0.3) is 0 Å². The Labute approximate surface area is 141 Å². The molecule has 0 saturated heterocycles. The monoisotopic (exact) mass is 330 g/mol. The van der Waals surface area contributed by atoms with Crippen LogP contribution in [0.1, 0.15) is 40.3 Å². The molecule has 0 aliphatic heterocycles. The lowest BCUT2D eigenvalue weighted by Gasteiger charge is -2.30. The SMILES string of the molecule is Cc1nc(COc2cccc(C(=O)N(C)CC3CCC3)c2)cs1. The highest BCUT2D eigenvalue weighted by Crippen LogP contribution is 2.27. The molecule has 1 saturated carbocycles. The van der Waals surface area contributed by atoms with E-state index >= 15 is 0 Å². The minimum Gasteiger partial charge on any atom is -0.487 e. The molecule has 1 amide bonds. The van der Waals surface area contributed by atoms with Gasteiger partial charge in [-0.1, -0.05) is 12.5 Å². The highest BCUT2D eigenvalue weighted by atomic mass is 32.1. The van der Waals surface area contributed by atoms with Crippen LogP contribution in [0.5, 0.6) is 5.75 Å². The molecule has 1 aliphatic rings. The summed E-state index contributed by atoms with van der Waals surface area (Å²) in [7, 11) is 1.88. The molecule has 1 aliphatic carbocycles. The number of carbonyl (C=O) groups excluding carboxylic acids is 1. The summed E-state index contributed by atoms with van der Waals surface area (Å²) in [4.78, 5) is 18.7. The van der Waals surface area contributed by atoms with Crippen molar-refractivity contribution in [3.63, 3.8) is 0 Å². The third kappa shape index (κ3) is 4.10. The van der Waals surface area contributed by atoms with Crippen molar-refractivity contribution in [1.82, 2.24) is 9.88 Å². The van der Waals surface area contributed by atoms with Gasteiger partial charge in [0.2, 0.25) is 0 Å². The van der Waals surface area contributed by atoms with Gasteiger partial charge in [-0.2, -0.15) is 0 Å². The van der Waals surface area contributed by atoms with Crippen LogP contribution in [0, 0.1) is 12.8 Å². The summed E-state index contributed by atoms with van der Waals surface area (Å²) < 4.78 is 5.76. The first kappa shape index (κ1) is 16.0. The van der Waals surface area contributed by atoms with Gasteiger partial charge >= 0.3 is 0 Å². The molecular formula is C18H22N2O2S. The Bertz CT molecular complexity index is 679. The van der Waals surface area contributed by atoms with Gasteiger partial charge in [-0.25, -0.2) is 4.98 Å². The number of aryl methyl sites for hydroxylation is 1. The van der Waals surface area contributed by atoms with Gasteiger partial charge in [0.15, 0.2) is 0 Å². The highest BCUT2D eigenvalue weighted by molar-refractivity contribution is 7.09. The van der Waals surface area contributed by atoms with Gasteiger partial charge in [0, 0.05) is 24.5 Å². The zero-order chi connectivity index (χ0) is 16.2. The van der Waals surface area contributed by atoms with Crippen molar-refractivity contribution in [2.45, 2.75) is 32.8 Å². The number of ether oxygens (including phenoxy) is 1. The lowest BCUT2D eigenvalue weighted by Crippen LogP contribution is -2.34. The van der Waals surface area contributed by atoms with Crippen molar-refractivity contribution in [3.8, 4) is 5.75 Å². The maximum absolute atomic E-state index is 12.5. The fourth-order valence-corrected chi connectivity index (χ4v) is 3.31. The molecule has 0 bridgehead atoms. The summed E-state index contributed by atoms with van der Waals surface area (Å²) in [5.41, 5.74) is 1.60. The second-order valence-corrected chi connectivity index (χ2v) is 7.22. The van der Waals surface area contributed by atoms with Crippen LogP contribution in [0.2, 0.25) is 0 Å². The Balaban J connectivity index is 1.60. The van der Waals surface area contributed by atoms with Crippen LogP contribution in [0.15, 0.2) is 29.6 Å². The summed E-state index contributed by atoms with van der Waals surface area (Å²) in [6.07, 6.45) is 3.79. The van der Waals surface area contributed by atoms with Crippen LogP contribution >= 0.6 is 11.3 Å². The molecule has 0 unspecified atom stereocenters. The summed E-state index contributed by atoms with van der Waals surface area (Å²) >= 11 is 1.61. The normalized spacial score (nSPS) is 14.3. The molecular weight excluding hydrogens is 308 g/mol. The van der Waals surface area contributed by atoms with Crippen LogP contribution in [0.4, 0.5) is 0 Å². The summed E-state index contributed by atoms with van der Waals surface area (Å²) in [6.45, 7) is 3.26. The lowest BCUT2D eigenvalue weighted by atomic mass is 9.85. The second kappa shape index (κ2) is 7.13. The maximum Gasteiger partial charge on any atom is 0.253 e. The molecule has 122 valence electrons. The number of rotatable bonds is 6. The van der Waals surface area contributed by atoms with E-state index in [1.54, 1.807) is 11.3 Å². The van der Waals surface area contributed by atoms with E-state index in [2.05, 4.69) is 4.98 Å². The predicted octanol–water partition coefficient (Wildman–Crippen LogP) is 3.90. The minimum absolute atomic E-state index is 0.0619. The van der Waals surface area contributed by atoms with Gasteiger partial charge in [-0.3, -0.25) is 4.79 Å². The summed E-state index contributed by atoms with van der Waals surface area (Å²) in [6, 6.07) is 7.41. The average Bonchev–Trinajstić information content (AvgIpc) is 2.94. The van der Waals surface area contributed by atoms with E-state index in [1.165, 1.54) is 19.3 Å². The smallest absolute Gasteiger partial charge is 0.253 e. The van der Waals surface area contributed by atoms with E-state index in [9.17, 15) is 4.79 Å². The van der Waals surface area contributed by atoms with Crippen LogP contribution in [0.3, 0.4) is 0 Å². The lowest BCUT2D eigenvalue weighted by molar-refractivity contribution is 0.0744. The standard InChI is InChI=1S/C18H22N2O2S/c1-13-19-16(12-23-13)11-22-17-8-4-7-15(9-17)18(21)20(2)10-14-5-3-6-14/h4,7-9,12,14H,3,5-6,10-11H2,1-2H3. The fourth-order valence-electron chi connectivity index (χ4n) is 2.72. The van der Waals surface area contributed by atoms with E-state index < -0.39 is 0 Å². The molecule has 0 N–H and O–H groups in total. The number of hydrogen-bond acceptors (Lipinski definition) is 4. The van der Waals surface area contributed by atoms with Crippen molar-refractivity contribution in [2.24, 2.45) is 5.92 Å². The van der Waals surface area contributed by atoms with Crippen molar-refractivity contribution in [2.75, 3.05) is 13.6 Å². The molecule has 1 aromatic carbocycles. The van der Waals surface area contributed by atoms with Gasteiger partial charge in [-0.05, 0) is 43.9 Å². The number of aromatic nitrogens is 1. The zero-order valence-corrected chi connectivity index (χ0v) is 14.4. The number of hydrogen-bond donors (Lipinski definition) is 0. The Morgan fingerprint density at radius 2 is 2.26 bits per heavy atom. The molecule has 1 heterocycles. The number of amides is 1. The number of nitrogens with zero attached hydrogens (tertiary/aromatic N) is 2. The summed E-state index contributed by atoms with van der Waals surface area (Å²) in [5.74, 6) is 1.45. The molecule has 0 spiro atoms. The second-order valence-electron chi connectivity index (χ2n) is 6.16. The van der Waals surface area contributed by atoms with E-state index in [0.717, 1.165) is 17.2 Å².